The van der Waals surface area contributed by atoms with E-state index in [2.05, 4.69) is 10.2 Å². The van der Waals surface area contributed by atoms with Crippen LogP contribution in [0.5, 0.6) is 0 Å². The Bertz CT molecular complexity index is 1120. The summed E-state index contributed by atoms with van der Waals surface area (Å²) in [6, 6.07) is 6.74. The average molecular weight is 520 g/mol. The van der Waals surface area contributed by atoms with Crippen LogP contribution in [0.25, 0.3) is 0 Å². The van der Waals surface area contributed by atoms with Gasteiger partial charge in [0.25, 0.3) is 5.91 Å². The highest BCUT2D eigenvalue weighted by Crippen LogP contribution is 2.32. The van der Waals surface area contributed by atoms with Crippen molar-refractivity contribution in [2.24, 2.45) is 0 Å². The molecule has 1 saturated heterocycles. The highest BCUT2D eigenvalue weighted by molar-refractivity contribution is 7.91. The van der Waals surface area contributed by atoms with Gasteiger partial charge in [0, 0.05) is 34.3 Å². The number of anilines is 1. The molecular weight excluding hydrogens is 495 g/mol. The maximum atomic E-state index is 13.7. The Hall–Kier alpha value is -1.94. The van der Waals surface area contributed by atoms with E-state index in [0.717, 1.165) is 38.4 Å². The summed E-state index contributed by atoms with van der Waals surface area (Å²) in [6.07, 6.45) is 3.12. The van der Waals surface area contributed by atoms with E-state index in [4.69, 9.17) is 23.2 Å². The summed E-state index contributed by atoms with van der Waals surface area (Å²) >= 11 is 12.3. The summed E-state index contributed by atoms with van der Waals surface area (Å²) < 4.78 is 52.0. The molecule has 1 amide bonds. The first-order valence-corrected chi connectivity index (χ1v) is 13.0. The van der Waals surface area contributed by atoms with Gasteiger partial charge >= 0.3 is 0 Å². The molecule has 1 aliphatic rings. The van der Waals surface area contributed by atoms with Gasteiger partial charge in [-0.1, -0.05) is 45.5 Å². The number of piperidine rings is 1. The van der Waals surface area contributed by atoms with Crippen LogP contribution in [0, 0.1) is 0 Å². The lowest BCUT2D eigenvalue weighted by molar-refractivity contribution is 0.0950. The van der Waals surface area contributed by atoms with Gasteiger partial charge in [-0.15, -0.1) is 0 Å². The number of likely N-dealkylation sites (tertiary alicyclic amines) is 1. The second-order valence-electron chi connectivity index (χ2n) is 7.86. The number of nitrogens with one attached hydrogen (secondary N) is 1. The lowest BCUT2D eigenvalue weighted by Gasteiger charge is -2.27. The minimum Gasteiger partial charge on any atom is -0.348 e. The van der Waals surface area contributed by atoms with Crippen LogP contribution in [-0.4, -0.2) is 38.1 Å². The number of amides is 1. The largest absolute Gasteiger partial charge is 0.348 e. The van der Waals surface area contributed by atoms with E-state index in [0.29, 0.717) is 10.6 Å². The van der Waals surface area contributed by atoms with Crippen molar-refractivity contribution in [1.82, 2.24) is 10.2 Å². The molecule has 0 aliphatic carbocycles. The van der Waals surface area contributed by atoms with Gasteiger partial charge in [-0.2, -0.15) is 0 Å². The molecule has 3 rings (SSSR count). The molecule has 2 aromatic rings. The van der Waals surface area contributed by atoms with Gasteiger partial charge in [0.05, 0.1) is 10.6 Å². The zero-order valence-electron chi connectivity index (χ0n) is 18.1. The van der Waals surface area contributed by atoms with Gasteiger partial charge in [-0.3, -0.25) is 9.69 Å². The molecule has 6 nitrogen and oxygen atoms in total. The molecule has 33 heavy (non-hydrogen) atoms. The van der Waals surface area contributed by atoms with E-state index < -0.39 is 26.8 Å². The van der Waals surface area contributed by atoms with Gasteiger partial charge in [-0.25, -0.2) is 8.42 Å². The van der Waals surface area contributed by atoms with Crippen molar-refractivity contribution in [2.45, 2.75) is 44.2 Å². The third-order valence-electron chi connectivity index (χ3n) is 5.62. The first-order valence-electron chi connectivity index (χ1n) is 10.6. The molecular formula is C22H25Cl2F2N3O3S. The number of hydrogen-bond donors (Lipinski definition) is 1. The van der Waals surface area contributed by atoms with Crippen molar-refractivity contribution in [1.29, 1.82) is 0 Å². The van der Waals surface area contributed by atoms with Crippen LogP contribution in [-0.2, 0) is 22.9 Å². The molecule has 1 fully saturated rings. The Morgan fingerprint density at radius 2 is 1.82 bits per heavy atom. The molecule has 1 N–H and O–H groups in total. The first kappa shape index (κ1) is 25.7. The lowest BCUT2D eigenvalue weighted by Crippen LogP contribution is -2.30. The van der Waals surface area contributed by atoms with E-state index >= 15 is 0 Å². The predicted octanol–water partition coefficient (Wildman–Crippen LogP) is 5.28. The van der Waals surface area contributed by atoms with Gasteiger partial charge in [0.1, 0.15) is 5.69 Å². The fraction of sp³-hybridized carbons (Fsp3) is 0.409. The zero-order valence-corrected chi connectivity index (χ0v) is 20.4. The van der Waals surface area contributed by atoms with Crippen LogP contribution >= 0.6 is 23.2 Å². The number of halogens is 4. The van der Waals surface area contributed by atoms with Crippen molar-refractivity contribution in [3.63, 3.8) is 0 Å². The molecule has 0 atom stereocenters. The minimum absolute atomic E-state index is 0.0559. The molecule has 2 aromatic carbocycles. The molecule has 0 unspecified atom stereocenters. The summed E-state index contributed by atoms with van der Waals surface area (Å²) in [4.78, 5) is 14.9. The van der Waals surface area contributed by atoms with E-state index in [-0.39, 0.29) is 39.9 Å². The Balaban J connectivity index is 1.83. The number of sulfone groups is 1. The Morgan fingerprint density at radius 1 is 1.12 bits per heavy atom. The van der Waals surface area contributed by atoms with Crippen LogP contribution in [0.15, 0.2) is 35.2 Å². The van der Waals surface area contributed by atoms with Crippen molar-refractivity contribution < 1.29 is 22.2 Å². The first-order chi connectivity index (χ1) is 15.6. The Morgan fingerprint density at radius 3 is 2.45 bits per heavy atom. The van der Waals surface area contributed by atoms with Crippen molar-refractivity contribution in [3.05, 3.63) is 57.1 Å². The van der Waals surface area contributed by atoms with Gasteiger partial charge in [0.2, 0.25) is 0 Å². The SMILES string of the molecule is CCS(=O)(=O)c1ccc(Cl)cc1CNC(=O)c1cc(Cl)c(CN2CCCCC2)c(N(F)F)c1. The summed E-state index contributed by atoms with van der Waals surface area (Å²) in [5, 5.41) is 1.92. The van der Waals surface area contributed by atoms with E-state index in [1.165, 1.54) is 31.2 Å². The smallest absolute Gasteiger partial charge is 0.251 e. The number of rotatable bonds is 8. The number of nitrogens with zero attached hydrogens (tertiary/aromatic N) is 2. The topological polar surface area (TPSA) is 69.7 Å². The van der Waals surface area contributed by atoms with E-state index in [9.17, 15) is 22.2 Å². The molecule has 0 saturated carbocycles. The number of hydrogen-bond acceptors (Lipinski definition) is 5. The Labute approximate surface area is 202 Å². The summed E-state index contributed by atoms with van der Waals surface area (Å²) in [5.74, 6) is -0.778. The second kappa shape index (κ2) is 11.0. The highest BCUT2D eigenvalue weighted by Gasteiger charge is 2.22. The van der Waals surface area contributed by atoms with Crippen LogP contribution in [0.2, 0.25) is 10.0 Å². The summed E-state index contributed by atoms with van der Waals surface area (Å²) in [6.45, 7) is 3.24. The fourth-order valence-electron chi connectivity index (χ4n) is 3.82. The molecule has 1 aliphatic heterocycles. The summed E-state index contributed by atoms with van der Waals surface area (Å²) in [7, 11) is -3.54. The molecule has 1 heterocycles. The summed E-state index contributed by atoms with van der Waals surface area (Å²) in [5.41, 5.74) is 0.0736. The van der Waals surface area contributed by atoms with Crippen molar-refractivity contribution >= 4 is 44.6 Å². The normalized spacial score (nSPS) is 14.8. The maximum Gasteiger partial charge on any atom is 0.251 e. The Kier molecular flexibility index (Phi) is 8.55. The number of carbonyl (C=O) groups is 1. The van der Waals surface area contributed by atoms with Gasteiger partial charge in [-0.05, 0) is 67.2 Å². The minimum atomic E-state index is -3.54. The molecule has 0 radical (unpaired) electrons. The quantitative estimate of drug-likeness (QED) is 0.480. The monoisotopic (exact) mass is 519 g/mol. The van der Waals surface area contributed by atoms with Crippen LogP contribution in [0.3, 0.4) is 0 Å². The molecule has 180 valence electrons. The third-order valence-corrected chi connectivity index (χ3v) is 8.02. The van der Waals surface area contributed by atoms with Crippen molar-refractivity contribution in [2.75, 3.05) is 24.2 Å². The predicted molar refractivity (Wildman–Crippen MR) is 126 cm³/mol. The van der Waals surface area contributed by atoms with Crippen LogP contribution in [0.1, 0.15) is 47.7 Å². The fourth-order valence-corrected chi connectivity index (χ4v) is 5.41. The van der Waals surface area contributed by atoms with Crippen molar-refractivity contribution in [3.8, 4) is 0 Å². The molecule has 0 bridgehead atoms. The average Bonchev–Trinajstić information content (AvgIpc) is 2.79. The van der Waals surface area contributed by atoms with Gasteiger partial charge in [0.15, 0.2) is 9.84 Å². The molecule has 0 aromatic heterocycles. The number of benzene rings is 2. The zero-order chi connectivity index (χ0) is 24.2. The van der Waals surface area contributed by atoms with E-state index in [1.807, 2.05) is 0 Å². The molecule has 0 spiro atoms. The highest BCUT2D eigenvalue weighted by atomic mass is 35.5. The standard InChI is InChI=1S/C22H25Cl2F2N3O3S/c1-2-33(31,32)21-7-6-17(23)10-16(21)13-27-22(30)15-11-19(24)18(20(12-15)29(25)26)14-28-8-4-3-5-9-28/h6-7,10-12H,2-5,8-9,13-14H2,1H3,(H,27,30). The third kappa shape index (κ3) is 6.35. The second-order valence-corrected chi connectivity index (χ2v) is 11.0. The maximum absolute atomic E-state index is 13.7. The number of carbonyl (C=O) groups excluding carboxylic acids is 1. The molecule has 11 heteroatoms. The van der Waals surface area contributed by atoms with Gasteiger partial charge < -0.3 is 5.32 Å². The van der Waals surface area contributed by atoms with E-state index in [1.54, 1.807) is 0 Å². The van der Waals surface area contributed by atoms with Crippen LogP contribution in [0.4, 0.5) is 14.6 Å². The van der Waals surface area contributed by atoms with Crippen LogP contribution < -0.4 is 10.7 Å². The lowest BCUT2D eigenvalue weighted by atomic mass is 10.1.